The molecule has 2 saturated carbocycles. The summed E-state index contributed by atoms with van der Waals surface area (Å²) in [5.41, 5.74) is 8.21. The van der Waals surface area contributed by atoms with Gasteiger partial charge in [-0.05, 0) is 144 Å². The smallest absolute Gasteiger partial charge is 0.333 e. The van der Waals surface area contributed by atoms with Crippen LogP contribution in [0.5, 0.6) is 0 Å². The first kappa shape index (κ1) is 69.0. The highest BCUT2D eigenvalue weighted by Gasteiger charge is 2.54. The van der Waals surface area contributed by atoms with Crippen molar-refractivity contribution in [3.63, 3.8) is 0 Å². The lowest BCUT2D eigenvalue weighted by atomic mass is 9.87. The fourth-order valence-electron chi connectivity index (χ4n) is 10.4. The third-order valence-electron chi connectivity index (χ3n) is 15.2. The van der Waals surface area contributed by atoms with Crippen LogP contribution < -0.4 is 31.4 Å². The molecule has 4 aromatic heterocycles. The molecule has 2 saturated heterocycles. The molecule has 4 fully saturated rings. The largest absolute Gasteiger partial charge is 0.390 e. The van der Waals surface area contributed by atoms with E-state index in [1.807, 2.05) is 64.3 Å². The highest BCUT2D eigenvalue weighted by atomic mass is 35.5. The normalized spacial score (nSPS) is 24.2. The Morgan fingerprint density at radius 2 is 1.20 bits per heavy atom. The van der Waals surface area contributed by atoms with Crippen LogP contribution >= 0.6 is 45.9 Å². The van der Waals surface area contributed by atoms with Crippen molar-refractivity contribution < 1.29 is 63.4 Å². The van der Waals surface area contributed by atoms with Gasteiger partial charge in [0, 0.05) is 47.5 Å². The number of benzene rings is 2. The number of aromatic nitrogens is 4. The van der Waals surface area contributed by atoms with Crippen LogP contribution in [0.15, 0.2) is 96.5 Å². The van der Waals surface area contributed by atoms with Gasteiger partial charge in [0.25, 0.3) is 0 Å². The van der Waals surface area contributed by atoms with Crippen molar-refractivity contribution in [1.82, 2.24) is 24.7 Å². The van der Waals surface area contributed by atoms with Gasteiger partial charge < -0.3 is 40.8 Å². The van der Waals surface area contributed by atoms with Crippen molar-refractivity contribution in [3.8, 4) is 0 Å². The molecule has 2 aliphatic heterocycles. The average molecular weight is 1350 g/mol. The van der Waals surface area contributed by atoms with E-state index in [1.54, 1.807) is 55.6 Å². The molecule has 0 spiro atoms. The van der Waals surface area contributed by atoms with Gasteiger partial charge in [0.05, 0.1) is 85.2 Å². The molecule has 0 bridgehead atoms. The number of nitrogens with one attached hydrogen (secondary N) is 3. The van der Waals surface area contributed by atoms with Crippen molar-refractivity contribution in [2.24, 2.45) is 27.8 Å². The second kappa shape index (κ2) is 28.3. The van der Waals surface area contributed by atoms with Crippen molar-refractivity contribution >= 4 is 101 Å². The fourth-order valence-corrected chi connectivity index (χ4v) is 14.4. The highest BCUT2D eigenvalue weighted by Crippen LogP contribution is 2.44. The zero-order chi connectivity index (χ0) is 64.1. The summed E-state index contributed by atoms with van der Waals surface area (Å²) in [4.78, 5) is 44.8. The van der Waals surface area contributed by atoms with E-state index in [4.69, 9.17) is 57.6 Å². The van der Waals surface area contributed by atoms with Gasteiger partial charge in [-0.25, -0.2) is 39.1 Å². The number of carbonyl (C=O) groups excluding carboxylic acids is 2. The minimum Gasteiger partial charge on any atom is -0.390 e. The van der Waals surface area contributed by atoms with Crippen LogP contribution in [-0.2, 0) is 65.2 Å². The molecule has 11 atom stereocenters. The number of nitrogens with zero attached hydrogens (tertiary/aromatic N) is 4. The lowest BCUT2D eigenvalue weighted by Gasteiger charge is -2.33. The SMILES string of the molecule is C1CCOC1.CC(N)(c1cccc(Cl)c1)c1csc(C(=O)c2cncnc2N[C@@H]2C[C@H](COS(N)(=O)=O)[C@@H](O)[C@H]2O)c1.CC1(C)O[C@@H]2[C@@H](COS(N)(=O)=O)C[C@@H](Nc3ncncc3C(=O)c3cc(C(C)(NS(=O)C(C)(C)C)c4cccc(Cl)c4)cs3)[C@@H]2O1. The van der Waals surface area contributed by atoms with E-state index >= 15 is 0 Å². The molecule has 0 radical (unpaired) electrons. The van der Waals surface area contributed by atoms with Crippen LogP contribution in [0.1, 0.15) is 127 Å². The molecule has 31 heteroatoms. The summed E-state index contributed by atoms with van der Waals surface area (Å²) in [6.45, 7) is 14.4. The van der Waals surface area contributed by atoms with E-state index in [0.717, 1.165) is 35.5 Å². The number of rotatable bonds is 20. The summed E-state index contributed by atoms with van der Waals surface area (Å²) >= 11 is 15.0. The maximum atomic E-state index is 14.0. The number of ether oxygens (including phenoxy) is 3. The van der Waals surface area contributed by atoms with Crippen molar-refractivity contribution in [2.45, 2.75) is 132 Å². The first-order valence-electron chi connectivity index (χ1n) is 27.8. The van der Waals surface area contributed by atoms with Gasteiger partial charge in [0.2, 0.25) is 11.6 Å². The Hall–Kier alpha value is -4.87. The number of hydrogen-bond donors (Lipinski definition) is 8. The number of nitrogens with two attached hydrogens (primary N) is 3. The summed E-state index contributed by atoms with van der Waals surface area (Å²) in [5, 5.41) is 41.8. The lowest BCUT2D eigenvalue weighted by Crippen LogP contribution is -2.46. The molecule has 6 aromatic rings. The van der Waals surface area contributed by atoms with Crippen molar-refractivity contribution in [3.05, 3.63) is 150 Å². The maximum Gasteiger partial charge on any atom is 0.333 e. The molecular weight excluding hydrogens is 1280 g/mol. The minimum atomic E-state index is -4.20. The Labute approximate surface area is 532 Å². The summed E-state index contributed by atoms with van der Waals surface area (Å²) in [6, 6.07) is 16.9. The molecule has 88 heavy (non-hydrogen) atoms. The van der Waals surface area contributed by atoms with E-state index in [0.29, 0.717) is 32.0 Å². The summed E-state index contributed by atoms with van der Waals surface area (Å²) in [5.74, 6) is -2.18. The third-order valence-corrected chi connectivity index (χ3v) is 20.1. The molecule has 2 aromatic carbocycles. The van der Waals surface area contributed by atoms with Crippen LogP contribution in [0, 0.1) is 11.8 Å². The Morgan fingerprint density at radius 3 is 1.73 bits per heavy atom. The Balaban J connectivity index is 0.000000215. The topological polar surface area (TPSA) is 372 Å². The van der Waals surface area contributed by atoms with E-state index in [-0.39, 0.29) is 53.5 Å². The standard InChI is InChI=1S/C30H38ClN5O7S3.C23H26ClN5O6S2.C4H8O/c1-28(2,3)45(38)36-30(6,18-8-7-9-20(31)11-18)19-12-23(44-15-19)24(37)21-13-33-16-34-27(21)35-22-10-17(14-41-46(32,39)40)25-26(22)43-29(4,5)42-25;1-23(25,13-3-2-4-15(24)6-13)14-7-18(36-10-14)20(31)16-8-27-11-28-22(16)29-17-5-12(19(30)21(17)32)9-35-37(26,33)34;1-2-4-5-3-1/h7-9,11-13,15-17,22,25-26,36H,10,14H2,1-6H3,(H2,32,39,40)(H,33,34,35);2-4,6-8,10-12,17,19,21,30,32H,5,9,25H2,1H3,(H2,26,33,34)(H,27,28,29);1-4H2/t17-,22-,25-,26+,30?,45?;12-,17-,19-,21+,23?;/m11./s1. The Bertz CT molecular complexity index is 3690. The van der Waals surface area contributed by atoms with Gasteiger partial charge in [0.1, 0.15) is 36.5 Å². The summed E-state index contributed by atoms with van der Waals surface area (Å²) in [6.07, 6.45) is 5.03. The molecule has 3 unspecified atom stereocenters. The summed E-state index contributed by atoms with van der Waals surface area (Å²) in [7, 11) is -9.80. The van der Waals surface area contributed by atoms with Crippen LogP contribution in [0.4, 0.5) is 11.6 Å². The molecule has 11 N–H and O–H groups in total. The van der Waals surface area contributed by atoms with Gasteiger partial charge in [-0.2, -0.15) is 16.8 Å². The lowest BCUT2D eigenvalue weighted by molar-refractivity contribution is -0.158. The van der Waals surface area contributed by atoms with Crippen LogP contribution in [-0.4, -0.2) is 136 Å². The fraction of sp³-hybridized carbons (Fsp3) is 0.474. The zero-order valence-corrected chi connectivity index (χ0v) is 54.7. The Morgan fingerprint density at radius 1 is 0.716 bits per heavy atom. The van der Waals surface area contributed by atoms with E-state index < -0.39 is 96.2 Å². The molecule has 478 valence electrons. The van der Waals surface area contributed by atoms with E-state index in [2.05, 4.69) is 39.5 Å². The number of aliphatic hydroxyl groups excluding tert-OH is 2. The number of carbonyl (C=O) groups is 2. The van der Waals surface area contributed by atoms with Gasteiger partial charge in [-0.1, -0.05) is 47.5 Å². The second-order valence-electron chi connectivity index (χ2n) is 23.4. The molecule has 10 rings (SSSR count). The predicted octanol–water partition coefficient (Wildman–Crippen LogP) is 6.46. The Kier molecular flexibility index (Phi) is 22.2. The molecule has 24 nitrogen and oxygen atoms in total. The average Bonchev–Trinajstić information content (AvgIpc) is 1.72. The first-order chi connectivity index (χ1) is 41.2. The van der Waals surface area contributed by atoms with Crippen molar-refractivity contribution in [2.75, 3.05) is 37.1 Å². The van der Waals surface area contributed by atoms with Crippen LogP contribution in [0.25, 0.3) is 0 Å². The number of fused-ring (bicyclic) bond motifs is 1. The number of halogens is 2. The molecule has 6 heterocycles. The van der Waals surface area contributed by atoms with Gasteiger partial charge in [-0.15, -0.1) is 22.7 Å². The van der Waals surface area contributed by atoms with Gasteiger partial charge in [0.15, 0.2) is 5.79 Å². The van der Waals surface area contributed by atoms with Gasteiger partial charge in [-0.3, -0.25) is 18.0 Å². The number of anilines is 2. The molecule has 4 aliphatic rings. The number of thiophene rings is 2. The molecule has 0 amide bonds. The maximum absolute atomic E-state index is 14.0. The minimum absolute atomic E-state index is 0.143. The van der Waals surface area contributed by atoms with E-state index in [1.165, 1.54) is 60.6 Å². The predicted molar refractivity (Wildman–Crippen MR) is 336 cm³/mol. The van der Waals surface area contributed by atoms with Crippen LogP contribution in [0.2, 0.25) is 10.0 Å². The summed E-state index contributed by atoms with van der Waals surface area (Å²) < 4.78 is 87.9. The monoisotopic (exact) mass is 1350 g/mol. The number of aliphatic hydroxyl groups is 2. The molecular formula is C57H72Cl2N10O14S5. The first-order valence-corrected chi connectivity index (χ1v) is 34.4. The van der Waals surface area contributed by atoms with Crippen molar-refractivity contribution in [1.29, 1.82) is 0 Å². The quantitative estimate of drug-likeness (QED) is 0.0380. The third kappa shape index (κ3) is 17.4. The van der Waals surface area contributed by atoms with Gasteiger partial charge >= 0.3 is 20.6 Å². The van der Waals surface area contributed by atoms with E-state index in [9.17, 15) is 40.8 Å². The zero-order valence-electron chi connectivity index (χ0n) is 49.1. The number of ketones is 2. The second-order valence-corrected chi connectivity index (χ2v) is 30.5. The molecule has 2 aliphatic carbocycles. The highest BCUT2D eigenvalue weighted by molar-refractivity contribution is 7.84. The number of hydrogen-bond acceptors (Lipinski definition) is 23. The van der Waals surface area contributed by atoms with Crippen LogP contribution in [0.3, 0.4) is 0 Å².